The molecule has 36 heavy (non-hydrogen) atoms. The molecule has 1 saturated carbocycles. The summed E-state index contributed by atoms with van der Waals surface area (Å²) in [6.45, 7) is 2.64. The van der Waals surface area contributed by atoms with E-state index in [0.717, 1.165) is 43.3 Å². The molecule has 1 saturated heterocycles. The Morgan fingerprint density at radius 3 is 2.69 bits per heavy atom. The third-order valence-corrected chi connectivity index (χ3v) is 6.55. The smallest absolute Gasteiger partial charge is 0.252 e. The number of hydrogen-bond acceptors (Lipinski definition) is 9. The Hall–Kier alpha value is -3.77. The molecule has 2 atom stereocenters. The molecule has 2 aliphatic rings. The van der Waals surface area contributed by atoms with Crippen LogP contribution in [-0.4, -0.2) is 64.0 Å². The van der Waals surface area contributed by atoms with Gasteiger partial charge in [-0.3, -0.25) is 4.79 Å². The number of hydrogen-bond donors (Lipinski definition) is 4. The summed E-state index contributed by atoms with van der Waals surface area (Å²) in [5.41, 5.74) is 13.0. The standard InChI is InChI=1S/C24H30FN9O2/c25-17-13-16(21(27)35)22(32-23(17)31-19-5-2-1-4-18(19)26)30-15-12-20(34-7-3-6-29-34)24(28-14-15)33-8-10-36-11-9-33/h3,6-7,12-14,18-19H,1-2,4-5,8-11,26H2,(H2,27,35)(H2,30,31,32)/t18-,19+/m0/s1. The highest BCUT2D eigenvalue weighted by atomic mass is 19.1. The van der Waals surface area contributed by atoms with Crippen LogP contribution in [0.2, 0.25) is 0 Å². The summed E-state index contributed by atoms with van der Waals surface area (Å²) in [6.07, 6.45) is 8.89. The number of pyridine rings is 2. The first-order valence-electron chi connectivity index (χ1n) is 12.1. The van der Waals surface area contributed by atoms with Crippen molar-refractivity contribution < 1.29 is 13.9 Å². The van der Waals surface area contributed by atoms with Crippen molar-refractivity contribution in [3.8, 4) is 5.69 Å². The van der Waals surface area contributed by atoms with E-state index in [4.69, 9.17) is 16.2 Å². The molecule has 5 rings (SSSR count). The summed E-state index contributed by atoms with van der Waals surface area (Å²) in [7, 11) is 0. The monoisotopic (exact) mass is 495 g/mol. The van der Waals surface area contributed by atoms with Gasteiger partial charge < -0.3 is 31.7 Å². The van der Waals surface area contributed by atoms with Gasteiger partial charge in [-0.2, -0.15) is 5.10 Å². The van der Waals surface area contributed by atoms with E-state index in [9.17, 15) is 9.18 Å². The van der Waals surface area contributed by atoms with Crippen molar-refractivity contribution >= 4 is 29.0 Å². The van der Waals surface area contributed by atoms with Crippen LogP contribution in [0.3, 0.4) is 0 Å². The fraction of sp³-hybridized carbons (Fsp3) is 0.417. The zero-order chi connectivity index (χ0) is 25.1. The van der Waals surface area contributed by atoms with Gasteiger partial charge in [0, 0.05) is 37.6 Å². The quantitative estimate of drug-likeness (QED) is 0.387. The molecule has 4 heterocycles. The number of morpholine rings is 1. The number of anilines is 4. The molecule has 0 spiro atoms. The number of aromatic nitrogens is 4. The SMILES string of the molecule is NC(=O)c1cc(F)c(N[C@@H]2CCCC[C@@H]2N)nc1Nc1cnc(N2CCOCC2)c(-n2cccn2)c1. The number of ether oxygens (including phenoxy) is 1. The van der Waals surface area contributed by atoms with E-state index in [1.165, 1.54) is 0 Å². The van der Waals surface area contributed by atoms with Crippen LogP contribution in [0.5, 0.6) is 0 Å². The van der Waals surface area contributed by atoms with E-state index >= 15 is 0 Å². The van der Waals surface area contributed by atoms with Crippen molar-refractivity contribution in [1.82, 2.24) is 19.7 Å². The second-order valence-corrected chi connectivity index (χ2v) is 9.02. The van der Waals surface area contributed by atoms with Crippen LogP contribution in [0.15, 0.2) is 36.8 Å². The lowest BCUT2D eigenvalue weighted by atomic mass is 9.91. The molecule has 0 aromatic carbocycles. The number of nitrogens with two attached hydrogens (primary N) is 2. The lowest BCUT2D eigenvalue weighted by molar-refractivity contribution is 0.100. The zero-order valence-corrected chi connectivity index (χ0v) is 19.9. The van der Waals surface area contributed by atoms with Crippen LogP contribution < -0.4 is 27.0 Å². The minimum atomic E-state index is -0.796. The lowest BCUT2D eigenvalue weighted by Crippen LogP contribution is -2.43. The predicted octanol–water partition coefficient (Wildman–Crippen LogP) is 2.16. The third-order valence-electron chi connectivity index (χ3n) is 6.55. The topological polar surface area (TPSA) is 149 Å². The summed E-state index contributed by atoms with van der Waals surface area (Å²) in [4.78, 5) is 23.3. The van der Waals surface area contributed by atoms with Crippen LogP contribution in [0.25, 0.3) is 5.69 Å². The minimum absolute atomic E-state index is 0.0232. The molecule has 2 fully saturated rings. The van der Waals surface area contributed by atoms with Crippen LogP contribution >= 0.6 is 0 Å². The van der Waals surface area contributed by atoms with Crippen molar-refractivity contribution in [2.75, 3.05) is 41.8 Å². The molecule has 0 unspecified atom stereocenters. The Labute approximate surface area is 208 Å². The average Bonchev–Trinajstić information content (AvgIpc) is 3.42. The summed E-state index contributed by atoms with van der Waals surface area (Å²) < 4.78 is 22.1. The molecule has 1 aliphatic carbocycles. The molecule has 6 N–H and O–H groups in total. The number of amides is 1. The molecular formula is C24H30FN9O2. The second kappa shape index (κ2) is 10.5. The molecule has 1 aliphatic heterocycles. The van der Waals surface area contributed by atoms with Crippen LogP contribution in [-0.2, 0) is 4.74 Å². The number of carbonyl (C=O) groups is 1. The molecule has 190 valence electrons. The minimum Gasteiger partial charge on any atom is -0.378 e. The molecule has 0 bridgehead atoms. The highest BCUT2D eigenvalue weighted by Crippen LogP contribution is 2.30. The molecule has 12 heteroatoms. The van der Waals surface area contributed by atoms with Crippen molar-refractivity contribution in [1.29, 1.82) is 0 Å². The largest absolute Gasteiger partial charge is 0.378 e. The van der Waals surface area contributed by atoms with Gasteiger partial charge in [-0.1, -0.05) is 12.8 Å². The summed E-state index contributed by atoms with van der Waals surface area (Å²) in [6, 6.07) is 4.57. The van der Waals surface area contributed by atoms with Crippen LogP contribution in [0.1, 0.15) is 36.0 Å². The first kappa shape index (κ1) is 23.9. The number of nitrogens with zero attached hydrogens (tertiary/aromatic N) is 5. The van der Waals surface area contributed by atoms with E-state index in [0.29, 0.717) is 32.0 Å². The van der Waals surface area contributed by atoms with E-state index in [1.54, 1.807) is 17.1 Å². The highest BCUT2D eigenvalue weighted by molar-refractivity contribution is 5.98. The van der Waals surface area contributed by atoms with E-state index in [-0.39, 0.29) is 29.3 Å². The maximum atomic E-state index is 14.9. The van der Waals surface area contributed by atoms with Crippen molar-refractivity contribution in [3.63, 3.8) is 0 Å². The Morgan fingerprint density at radius 2 is 1.97 bits per heavy atom. The normalized spacial score (nSPS) is 20.2. The average molecular weight is 496 g/mol. The maximum Gasteiger partial charge on any atom is 0.252 e. The highest BCUT2D eigenvalue weighted by Gasteiger charge is 2.25. The van der Waals surface area contributed by atoms with E-state index < -0.39 is 11.7 Å². The molecular weight excluding hydrogens is 465 g/mol. The van der Waals surface area contributed by atoms with Gasteiger partial charge in [-0.25, -0.2) is 19.0 Å². The Morgan fingerprint density at radius 1 is 1.17 bits per heavy atom. The van der Waals surface area contributed by atoms with Gasteiger partial charge in [0.2, 0.25) is 0 Å². The summed E-state index contributed by atoms with van der Waals surface area (Å²) in [5, 5.41) is 10.6. The second-order valence-electron chi connectivity index (χ2n) is 9.02. The number of primary amides is 1. The van der Waals surface area contributed by atoms with E-state index in [2.05, 4.69) is 30.6 Å². The number of rotatable bonds is 7. The molecule has 3 aromatic heterocycles. The molecule has 3 aromatic rings. The van der Waals surface area contributed by atoms with Gasteiger partial charge in [0.15, 0.2) is 17.5 Å². The number of nitrogens with one attached hydrogen (secondary N) is 2. The fourth-order valence-electron chi connectivity index (χ4n) is 4.64. The third kappa shape index (κ3) is 5.09. The van der Waals surface area contributed by atoms with Crippen molar-refractivity contribution in [2.24, 2.45) is 11.5 Å². The Bertz CT molecular complexity index is 1210. The molecule has 11 nitrogen and oxygen atoms in total. The van der Waals surface area contributed by atoms with Gasteiger partial charge in [0.1, 0.15) is 11.5 Å². The summed E-state index contributed by atoms with van der Waals surface area (Å²) in [5.74, 6) is -0.554. The van der Waals surface area contributed by atoms with Gasteiger partial charge >= 0.3 is 0 Å². The first-order chi connectivity index (χ1) is 17.5. The summed E-state index contributed by atoms with van der Waals surface area (Å²) >= 11 is 0. The Kier molecular flexibility index (Phi) is 6.96. The van der Waals surface area contributed by atoms with E-state index in [1.807, 2.05) is 18.3 Å². The van der Waals surface area contributed by atoms with Gasteiger partial charge in [0.25, 0.3) is 5.91 Å². The van der Waals surface area contributed by atoms with Crippen molar-refractivity contribution in [2.45, 2.75) is 37.8 Å². The Balaban J connectivity index is 1.48. The predicted molar refractivity (Wildman–Crippen MR) is 134 cm³/mol. The number of carbonyl (C=O) groups excluding carboxylic acids is 1. The van der Waals surface area contributed by atoms with Gasteiger partial charge in [0.05, 0.1) is 30.7 Å². The van der Waals surface area contributed by atoms with Crippen LogP contribution in [0.4, 0.5) is 27.5 Å². The molecule has 0 radical (unpaired) electrons. The first-order valence-corrected chi connectivity index (χ1v) is 12.1. The lowest BCUT2D eigenvalue weighted by Gasteiger charge is -2.30. The molecule has 1 amide bonds. The number of halogens is 1. The van der Waals surface area contributed by atoms with Crippen LogP contribution in [0, 0.1) is 5.82 Å². The van der Waals surface area contributed by atoms with Crippen molar-refractivity contribution in [3.05, 3.63) is 48.2 Å². The fourth-order valence-corrected chi connectivity index (χ4v) is 4.64. The maximum absolute atomic E-state index is 14.9. The zero-order valence-electron chi connectivity index (χ0n) is 19.9. The van der Waals surface area contributed by atoms with Gasteiger partial charge in [-0.05, 0) is 31.0 Å². The van der Waals surface area contributed by atoms with Gasteiger partial charge in [-0.15, -0.1) is 0 Å².